The van der Waals surface area contributed by atoms with Gasteiger partial charge in [0.05, 0.1) is 11.6 Å². The van der Waals surface area contributed by atoms with Gasteiger partial charge in [-0.05, 0) is 19.4 Å². The first-order valence-electron chi connectivity index (χ1n) is 8.09. The van der Waals surface area contributed by atoms with Crippen molar-refractivity contribution in [2.75, 3.05) is 26.2 Å². The van der Waals surface area contributed by atoms with E-state index in [1.165, 1.54) is 6.92 Å². The number of fused-ring (bicyclic) bond motifs is 1. The van der Waals surface area contributed by atoms with Crippen molar-refractivity contribution in [1.29, 1.82) is 0 Å². The predicted octanol–water partition coefficient (Wildman–Crippen LogP) is 0.565. The molecule has 3 rings (SSSR count). The zero-order valence-electron chi connectivity index (χ0n) is 13.7. The van der Waals surface area contributed by atoms with Crippen molar-refractivity contribution < 1.29 is 14.7 Å². The first kappa shape index (κ1) is 16.0. The highest BCUT2D eigenvalue weighted by Gasteiger charge is 2.53. The molecule has 126 valence electrons. The molecule has 2 fully saturated rings. The average molecular weight is 320 g/mol. The van der Waals surface area contributed by atoms with Crippen LogP contribution in [0.15, 0.2) is 12.4 Å². The lowest BCUT2D eigenvalue weighted by Crippen LogP contribution is -2.41. The van der Waals surface area contributed by atoms with E-state index in [1.54, 1.807) is 9.58 Å². The molecular weight excluding hydrogens is 296 g/mol. The van der Waals surface area contributed by atoms with Crippen LogP contribution in [0.25, 0.3) is 0 Å². The van der Waals surface area contributed by atoms with Crippen LogP contribution < -0.4 is 0 Å². The molecule has 1 amide bonds. The standard InChI is InChI=1S/C16H24N4O3/c1-12(21)20-10-14-9-19(8-13-6-17-18(2)7-13)5-3-4-16(14,11-20)15(22)23/h6-7,14H,3-5,8-11H2,1-2H3,(H,22,23)/t14-,16-/m1/s1. The lowest BCUT2D eigenvalue weighted by molar-refractivity contribution is -0.151. The molecule has 1 aromatic heterocycles. The highest BCUT2D eigenvalue weighted by Crippen LogP contribution is 2.43. The lowest BCUT2D eigenvalue weighted by atomic mass is 9.75. The quantitative estimate of drug-likeness (QED) is 0.881. The summed E-state index contributed by atoms with van der Waals surface area (Å²) in [6.07, 6.45) is 5.33. The number of nitrogens with zero attached hydrogens (tertiary/aromatic N) is 4. The number of rotatable bonds is 3. The smallest absolute Gasteiger partial charge is 0.311 e. The molecule has 0 saturated carbocycles. The van der Waals surface area contributed by atoms with Gasteiger partial charge in [0.25, 0.3) is 0 Å². The van der Waals surface area contributed by atoms with E-state index < -0.39 is 11.4 Å². The maximum Gasteiger partial charge on any atom is 0.311 e. The average Bonchev–Trinajstić information content (AvgIpc) is 3.00. The largest absolute Gasteiger partial charge is 0.481 e. The normalized spacial score (nSPS) is 28.4. The Morgan fingerprint density at radius 1 is 1.43 bits per heavy atom. The number of carboxylic acids is 1. The van der Waals surface area contributed by atoms with Gasteiger partial charge in [0.15, 0.2) is 0 Å². The SMILES string of the molecule is CC(=O)N1C[C@H]2CN(Cc3cnn(C)c3)CCC[C@@]2(C(=O)O)C1. The lowest BCUT2D eigenvalue weighted by Gasteiger charge is -2.29. The molecule has 2 atom stereocenters. The second-order valence-corrected chi connectivity index (χ2v) is 6.92. The Morgan fingerprint density at radius 2 is 2.22 bits per heavy atom. The zero-order valence-corrected chi connectivity index (χ0v) is 13.7. The van der Waals surface area contributed by atoms with Crippen LogP contribution in [0.3, 0.4) is 0 Å². The Labute approximate surface area is 135 Å². The second kappa shape index (κ2) is 5.96. The van der Waals surface area contributed by atoms with Crippen LogP contribution in [-0.4, -0.2) is 62.7 Å². The molecule has 7 heteroatoms. The van der Waals surface area contributed by atoms with E-state index in [0.717, 1.165) is 25.1 Å². The van der Waals surface area contributed by atoms with Gasteiger partial charge in [-0.1, -0.05) is 0 Å². The van der Waals surface area contributed by atoms with Crippen molar-refractivity contribution in [3.05, 3.63) is 18.0 Å². The van der Waals surface area contributed by atoms with Gasteiger partial charge in [-0.25, -0.2) is 0 Å². The van der Waals surface area contributed by atoms with Crippen molar-refractivity contribution in [2.45, 2.75) is 26.3 Å². The fraction of sp³-hybridized carbons (Fsp3) is 0.688. The molecule has 7 nitrogen and oxygen atoms in total. The Kier molecular flexibility index (Phi) is 4.14. The summed E-state index contributed by atoms with van der Waals surface area (Å²) in [7, 11) is 1.89. The molecule has 23 heavy (non-hydrogen) atoms. The Bertz CT molecular complexity index is 614. The number of aliphatic carboxylic acids is 1. The van der Waals surface area contributed by atoms with E-state index in [9.17, 15) is 14.7 Å². The van der Waals surface area contributed by atoms with Gasteiger partial charge in [-0.2, -0.15) is 5.10 Å². The predicted molar refractivity (Wildman–Crippen MR) is 83.5 cm³/mol. The summed E-state index contributed by atoms with van der Waals surface area (Å²) in [5.41, 5.74) is 0.353. The molecule has 1 N–H and O–H groups in total. The van der Waals surface area contributed by atoms with E-state index in [1.807, 2.05) is 19.4 Å². The summed E-state index contributed by atoms with van der Waals surface area (Å²) in [6.45, 7) is 4.80. The number of hydrogen-bond acceptors (Lipinski definition) is 4. The van der Waals surface area contributed by atoms with E-state index >= 15 is 0 Å². The Morgan fingerprint density at radius 3 is 2.83 bits per heavy atom. The molecule has 0 radical (unpaired) electrons. The summed E-state index contributed by atoms with van der Waals surface area (Å²) < 4.78 is 1.78. The summed E-state index contributed by atoms with van der Waals surface area (Å²) in [5.74, 6) is -0.796. The summed E-state index contributed by atoms with van der Waals surface area (Å²) >= 11 is 0. The van der Waals surface area contributed by atoms with Crippen molar-refractivity contribution in [3.8, 4) is 0 Å². The molecule has 2 aliphatic heterocycles. The van der Waals surface area contributed by atoms with Gasteiger partial charge in [-0.15, -0.1) is 0 Å². The van der Waals surface area contributed by atoms with E-state index in [0.29, 0.717) is 26.1 Å². The van der Waals surface area contributed by atoms with E-state index in [2.05, 4.69) is 10.00 Å². The molecule has 3 heterocycles. The minimum absolute atomic E-state index is 0.0110. The fourth-order valence-electron chi connectivity index (χ4n) is 4.06. The Hall–Kier alpha value is -1.89. The Balaban J connectivity index is 1.78. The van der Waals surface area contributed by atoms with Gasteiger partial charge in [0.1, 0.15) is 0 Å². The van der Waals surface area contributed by atoms with Gasteiger partial charge in [-0.3, -0.25) is 19.2 Å². The van der Waals surface area contributed by atoms with Crippen LogP contribution in [0.5, 0.6) is 0 Å². The molecule has 2 saturated heterocycles. The zero-order chi connectivity index (χ0) is 16.6. The molecule has 0 spiro atoms. The molecular formula is C16H24N4O3. The third-order valence-corrected chi connectivity index (χ3v) is 5.31. The number of aromatic nitrogens is 2. The van der Waals surface area contributed by atoms with E-state index in [-0.39, 0.29) is 11.8 Å². The molecule has 0 aliphatic carbocycles. The van der Waals surface area contributed by atoms with Crippen LogP contribution in [0.4, 0.5) is 0 Å². The number of likely N-dealkylation sites (tertiary alicyclic amines) is 2. The first-order chi connectivity index (χ1) is 10.9. The third-order valence-electron chi connectivity index (χ3n) is 5.31. The molecule has 0 bridgehead atoms. The summed E-state index contributed by atoms with van der Waals surface area (Å²) in [5, 5.41) is 14.0. The van der Waals surface area contributed by atoms with Crippen LogP contribution in [0.1, 0.15) is 25.3 Å². The van der Waals surface area contributed by atoms with Crippen molar-refractivity contribution in [1.82, 2.24) is 19.6 Å². The molecule has 0 aromatic carbocycles. The van der Waals surface area contributed by atoms with Crippen molar-refractivity contribution in [2.24, 2.45) is 18.4 Å². The molecule has 2 aliphatic rings. The van der Waals surface area contributed by atoms with Gasteiger partial charge < -0.3 is 10.0 Å². The highest BCUT2D eigenvalue weighted by molar-refractivity contribution is 5.80. The van der Waals surface area contributed by atoms with Crippen LogP contribution >= 0.6 is 0 Å². The van der Waals surface area contributed by atoms with Crippen LogP contribution in [0, 0.1) is 11.3 Å². The molecule has 0 unspecified atom stereocenters. The number of amides is 1. The number of aryl methyl sites for hydroxylation is 1. The monoisotopic (exact) mass is 320 g/mol. The maximum atomic E-state index is 12.0. The third kappa shape index (κ3) is 2.97. The van der Waals surface area contributed by atoms with Crippen molar-refractivity contribution >= 4 is 11.9 Å². The van der Waals surface area contributed by atoms with Crippen molar-refractivity contribution in [3.63, 3.8) is 0 Å². The summed E-state index contributed by atoms with van der Waals surface area (Å²) in [6, 6.07) is 0. The fourth-order valence-corrected chi connectivity index (χ4v) is 4.06. The van der Waals surface area contributed by atoms with Gasteiger partial charge in [0, 0.05) is 57.8 Å². The number of carbonyl (C=O) groups is 2. The van der Waals surface area contributed by atoms with Gasteiger partial charge in [0.2, 0.25) is 5.91 Å². The molecule has 1 aromatic rings. The highest BCUT2D eigenvalue weighted by atomic mass is 16.4. The topological polar surface area (TPSA) is 78.7 Å². The number of carboxylic acid groups (broad SMARTS) is 1. The minimum atomic E-state index is -0.782. The summed E-state index contributed by atoms with van der Waals surface area (Å²) in [4.78, 5) is 27.7. The minimum Gasteiger partial charge on any atom is -0.481 e. The number of hydrogen-bond donors (Lipinski definition) is 1. The first-order valence-corrected chi connectivity index (χ1v) is 8.09. The van der Waals surface area contributed by atoms with Crippen LogP contribution in [0.2, 0.25) is 0 Å². The maximum absolute atomic E-state index is 12.0. The number of carbonyl (C=O) groups excluding carboxylic acids is 1. The van der Waals surface area contributed by atoms with E-state index in [4.69, 9.17) is 0 Å². The van der Waals surface area contributed by atoms with Gasteiger partial charge >= 0.3 is 5.97 Å². The second-order valence-electron chi connectivity index (χ2n) is 6.92. The van der Waals surface area contributed by atoms with Crippen LogP contribution in [-0.2, 0) is 23.2 Å².